The van der Waals surface area contributed by atoms with Gasteiger partial charge in [0.1, 0.15) is 10.5 Å². The van der Waals surface area contributed by atoms with E-state index in [0.29, 0.717) is 43.5 Å². The van der Waals surface area contributed by atoms with Gasteiger partial charge in [-0.2, -0.15) is 4.31 Å². The number of nitrogens with two attached hydrogens (primary N) is 1. The number of piperazine rings is 1. The van der Waals surface area contributed by atoms with Crippen LogP contribution >= 0.6 is 0 Å². The van der Waals surface area contributed by atoms with Gasteiger partial charge in [0, 0.05) is 50.5 Å². The van der Waals surface area contributed by atoms with Crippen molar-refractivity contribution in [3.63, 3.8) is 0 Å². The highest BCUT2D eigenvalue weighted by atomic mass is 32.2. The summed E-state index contributed by atoms with van der Waals surface area (Å²) in [4.78, 5) is 22.0. The third-order valence-electron chi connectivity index (χ3n) is 5.75. The fourth-order valence-corrected chi connectivity index (χ4v) is 5.25. The van der Waals surface area contributed by atoms with Crippen LogP contribution in [-0.2, 0) is 14.8 Å². The van der Waals surface area contributed by atoms with Gasteiger partial charge in [-0.1, -0.05) is 13.8 Å². The Kier molecular flexibility index (Phi) is 5.55. The van der Waals surface area contributed by atoms with Gasteiger partial charge in [0.25, 0.3) is 0 Å². The van der Waals surface area contributed by atoms with Crippen LogP contribution in [0.2, 0.25) is 0 Å². The molecule has 0 atom stereocenters. The molecule has 9 heteroatoms. The molecule has 8 nitrogen and oxygen atoms in total. The third-order valence-corrected chi connectivity index (χ3v) is 7.69. The van der Waals surface area contributed by atoms with Gasteiger partial charge in [0.2, 0.25) is 15.9 Å². The van der Waals surface area contributed by atoms with Crippen molar-refractivity contribution < 1.29 is 13.2 Å². The summed E-state index contributed by atoms with van der Waals surface area (Å²) in [5.74, 6) is 0.0309. The lowest BCUT2D eigenvalue weighted by Gasteiger charge is -2.39. The fraction of sp³-hybridized carbons (Fsp3) is 0.556. The standard InChI is InChI=1S/C18H27N5O3S/c1-3-18(4-2,13-19)17(24)22-8-10-23(11-9-22)27(25,26)15-12-21-16-14(15)6-5-7-20-16/h5-7,12H,3-4,8-11,13,19H2,1-2H3,(H,20,21). The molecule has 0 radical (unpaired) electrons. The minimum absolute atomic E-state index is 0.0309. The van der Waals surface area contributed by atoms with Crippen LogP contribution in [0.3, 0.4) is 0 Å². The number of carbonyl (C=O) groups excluding carboxylic acids is 1. The van der Waals surface area contributed by atoms with Crippen LogP contribution in [0.5, 0.6) is 0 Å². The van der Waals surface area contributed by atoms with E-state index in [1.54, 1.807) is 23.2 Å². The maximum absolute atomic E-state index is 13.1. The first-order valence-electron chi connectivity index (χ1n) is 9.31. The number of hydrogen-bond acceptors (Lipinski definition) is 5. The summed E-state index contributed by atoms with van der Waals surface area (Å²) in [5.41, 5.74) is 5.88. The molecule has 2 aromatic rings. The zero-order valence-electron chi connectivity index (χ0n) is 15.8. The molecule has 2 aromatic heterocycles. The number of fused-ring (bicyclic) bond motifs is 1. The summed E-state index contributed by atoms with van der Waals surface area (Å²) >= 11 is 0. The average molecular weight is 394 g/mol. The summed E-state index contributed by atoms with van der Waals surface area (Å²) in [6.45, 7) is 5.55. The van der Waals surface area contributed by atoms with E-state index in [1.807, 2.05) is 13.8 Å². The molecular weight excluding hydrogens is 366 g/mol. The maximum Gasteiger partial charge on any atom is 0.245 e. The van der Waals surface area contributed by atoms with Crippen LogP contribution in [0.4, 0.5) is 0 Å². The molecule has 3 N–H and O–H groups in total. The van der Waals surface area contributed by atoms with E-state index in [4.69, 9.17) is 5.73 Å². The van der Waals surface area contributed by atoms with Gasteiger partial charge in [-0.25, -0.2) is 13.4 Å². The fourth-order valence-electron chi connectivity index (χ4n) is 3.68. The van der Waals surface area contributed by atoms with Crippen LogP contribution < -0.4 is 5.73 Å². The summed E-state index contributed by atoms with van der Waals surface area (Å²) in [7, 11) is -3.65. The molecule has 3 rings (SSSR count). The van der Waals surface area contributed by atoms with Gasteiger partial charge < -0.3 is 15.6 Å². The third kappa shape index (κ3) is 3.35. The molecule has 1 saturated heterocycles. The molecule has 1 aliphatic heterocycles. The number of aromatic amines is 1. The number of sulfonamides is 1. The van der Waals surface area contributed by atoms with Gasteiger partial charge >= 0.3 is 0 Å². The maximum atomic E-state index is 13.1. The average Bonchev–Trinajstić information content (AvgIpc) is 3.15. The van der Waals surface area contributed by atoms with E-state index in [-0.39, 0.29) is 23.9 Å². The molecule has 1 fully saturated rings. The second-order valence-electron chi connectivity index (χ2n) is 6.94. The summed E-state index contributed by atoms with van der Waals surface area (Å²) in [6, 6.07) is 3.46. The topological polar surface area (TPSA) is 112 Å². The van der Waals surface area contributed by atoms with E-state index >= 15 is 0 Å². The highest BCUT2D eigenvalue weighted by molar-refractivity contribution is 7.89. The Morgan fingerprint density at radius 1 is 1.26 bits per heavy atom. The van der Waals surface area contributed by atoms with Crippen molar-refractivity contribution in [2.45, 2.75) is 31.6 Å². The Hall–Kier alpha value is -1.97. The smallest absolute Gasteiger partial charge is 0.245 e. The van der Waals surface area contributed by atoms with E-state index in [1.165, 1.54) is 10.5 Å². The van der Waals surface area contributed by atoms with Crippen LogP contribution in [0.1, 0.15) is 26.7 Å². The van der Waals surface area contributed by atoms with Gasteiger partial charge in [-0.05, 0) is 25.0 Å². The van der Waals surface area contributed by atoms with Crippen molar-refractivity contribution in [2.24, 2.45) is 11.1 Å². The van der Waals surface area contributed by atoms with Crippen LogP contribution in [-0.4, -0.2) is 66.2 Å². The molecule has 0 aromatic carbocycles. The minimum Gasteiger partial charge on any atom is -0.345 e. The lowest BCUT2D eigenvalue weighted by atomic mass is 9.81. The zero-order chi connectivity index (χ0) is 19.7. The molecule has 1 amide bonds. The van der Waals surface area contributed by atoms with E-state index in [2.05, 4.69) is 9.97 Å². The number of nitrogens with zero attached hydrogens (tertiary/aromatic N) is 3. The normalized spacial score (nSPS) is 16.8. The first kappa shape index (κ1) is 19.8. The van der Waals surface area contributed by atoms with Crippen LogP contribution in [0.25, 0.3) is 11.0 Å². The first-order chi connectivity index (χ1) is 12.9. The summed E-state index contributed by atoms with van der Waals surface area (Å²) in [6.07, 6.45) is 4.46. The number of pyridine rings is 1. The number of rotatable bonds is 6. The molecule has 0 spiro atoms. The van der Waals surface area contributed by atoms with Crippen molar-refractivity contribution >= 4 is 27.0 Å². The Balaban J connectivity index is 1.76. The van der Waals surface area contributed by atoms with Gasteiger partial charge in [-0.3, -0.25) is 4.79 Å². The Morgan fingerprint density at radius 3 is 2.52 bits per heavy atom. The molecule has 0 aliphatic carbocycles. The lowest BCUT2D eigenvalue weighted by molar-refractivity contribution is -0.143. The highest BCUT2D eigenvalue weighted by Gasteiger charge is 2.39. The quantitative estimate of drug-likeness (QED) is 0.765. The molecule has 3 heterocycles. The number of carbonyl (C=O) groups is 1. The zero-order valence-corrected chi connectivity index (χ0v) is 16.6. The largest absolute Gasteiger partial charge is 0.345 e. The molecule has 148 valence electrons. The number of hydrogen-bond donors (Lipinski definition) is 2. The summed E-state index contributed by atoms with van der Waals surface area (Å²) in [5, 5.41) is 0.579. The van der Waals surface area contributed by atoms with Gasteiger partial charge in [0.05, 0.1) is 5.41 Å². The summed E-state index contributed by atoms with van der Waals surface area (Å²) < 4.78 is 27.6. The first-order valence-corrected chi connectivity index (χ1v) is 10.8. The van der Waals surface area contributed by atoms with E-state index < -0.39 is 15.4 Å². The Labute approximate surface area is 159 Å². The Bertz CT molecular complexity index is 904. The van der Waals surface area contributed by atoms with Crippen molar-refractivity contribution in [1.82, 2.24) is 19.2 Å². The highest BCUT2D eigenvalue weighted by Crippen LogP contribution is 2.29. The second kappa shape index (κ2) is 7.57. The monoisotopic (exact) mass is 393 g/mol. The molecule has 1 aliphatic rings. The van der Waals surface area contributed by atoms with Crippen LogP contribution in [0.15, 0.2) is 29.4 Å². The number of amides is 1. The van der Waals surface area contributed by atoms with E-state index in [0.717, 1.165) is 0 Å². The number of H-pyrrole nitrogens is 1. The second-order valence-corrected chi connectivity index (χ2v) is 8.85. The number of aromatic nitrogens is 2. The molecule has 0 unspecified atom stereocenters. The van der Waals surface area contributed by atoms with Crippen molar-refractivity contribution in [2.75, 3.05) is 32.7 Å². The molecule has 0 saturated carbocycles. The SMILES string of the molecule is CCC(CC)(CN)C(=O)N1CCN(S(=O)(=O)c2c[nH]c3ncccc23)CC1. The predicted octanol–water partition coefficient (Wildman–Crippen LogP) is 1.16. The molecular formula is C18H27N5O3S. The lowest BCUT2D eigenvalue weighted by Crippen LogP contribution is -2.55. The molecule has 0 bridgehead atoms. The van der Waals surface area contributed by atoms with Crippen molar-refractivity contribution in [3.05, 3.63) is 24.5 Å². The van der Waals surface area contributed by atoms with Gasteiger partial charge in [-0.15, -0.1) is 0 Å². The Morgan fingerprint density at radius 2 is 1.93 bits per heavy atom. The van der Waals surface area contributed by atoms with Crippen molar-refractivity contribution in [1.29, 1.82) is 0 Å². The molecule has 27 heavy (non-hydrogen) atoms. The van der Waals surface area contributed by atoms with Crippen molar-refractivity contribution in [3.8, 4) is 0 Å². The number of nitrogens with one attached hydrogen (secondary N) is 1. The van der Waals surface area contributed by atoms with E-state index in [9.17, 15) is 13.2 Å². The minimum atomic E-state index is -3.65. The van der Waals surface area contributed by atoms with Gasteiger partial charge in [0.15, 0.2) is 0 Å². The van der Waals surface area contributed by atoms with Crippen LogP contribution in [0, 0.1) is 5.41 Å². The predicted molar refractivity (Wildman–Crippen MR) is 104 cm³/mol.